The predicted octanol–water partition coefficient (Wildman–Crippen LogP) is 6.11. The first kappa shape index (κ1) is 30.7. The third-order valence-electron chi connectivity index (χ3n) is 11.0. The van der Waals surface area contributed by atoms with Crippen molar-refractivity contribution in [2.24, 2.45) is 23.2 Å². The smallest absolute Gasteiger partial charge is 0.274 e. The maximum absolute atomic E-state index is 13.3. The Labute approximate surface area is 273 Å². The molecule has 8 nitrogen and oxygen atoms in total. The average molecular weight is 622 g/mol. The van der Waals surface area contributed by atoms with Crippen molar-refractivity contribution in [3.05, 3.63) is 71.9 Å². The van der Waals surface area contributed by atoms with Gasteiger partial charge in [0.05, 0.1) is 6.61 Å². The lowest BCUT2D eigenvalue weighted by Crippen LogP contribution is -2.51. The molecule has 0 unspecified atom stereocenters. The van der Waals surface area contributed by atoms with Crippen LogP contribution in [-0.2, 0) is 11.2 Å². The number of aromatic nitrogens is 2. The average Bonchev–Trinajstić information content (AvgIpc) is 3.06. The molecule has 242 valence electrons. The topological polar surface area (TPSA) is 78.9 Å². The number of hydrogen-bond acceptors (Lipinski definition) is 6. The van der Waals surface area contributed by atoms with Crippen LogP contribution >= 0.6 is 0 Å². The maximum atomic E-state index is 13.3. The fourth-order valence-corrected chi connectivity index (χ4v) is 9.39. The first-order valence-electron chi connectivity index (χ1n) is 17.3. The zero-order valence-corrected chi connectivity index (χ0v) is 27.4. The second-order valence-corrected chi connectivity index (χ2v) is 14.3. The number of hydrogen-bond donors (Lipinski definition) is 0. The second-order valence-electron chi connectivity index (χ2n) is 14.3. The van der Waals surface area contributed by atoms with E-state index in [0.29, 0.717) is 56.7 Å². The molecule has 5 aliphatic rings. The highest BCUT2D eigenvalue weighted by molar-refractivity contribution is 5.92. The quantitative estimate of drug-likeness (QED) is 0.272. The van der Waals surface area contributed by atoms with Gasteiger partial charge in [-0.3, -0.25) is 9.59 Å². The summed E-state index contributed by atoms with van der Waals surface area (Å²) < 4.78 is 5.70. The molecular formula is C38H47N5O3. The minimum Gasteiger partial charge on any atom is -0.494 e. The molecule has 1 aromatic heterocycles. The zero-order valence-electron chi connectivity index (χ0n) is 27.4. The van der Waals surface area contributed by atoms with Gasteiger partial charge in [0, 0.05) is 46.2 Å². The summed E-state index contributed by atoms with van der Waals surface area (Å²) in [5, 5.41) is 8.81. The van der Waals surface area contributed by atoms with E-state index in [9.17, 15) is 9.59 Å². The Morgan fingerprint density at radius 2 is 1.61 bits per heavy atom. The molecule has 3 aromatic rings. The molecule has 0 radical (unpaired) electrons. The van der Waals surface area contributed by atoms with Crippen LogP contribution < -0.4 is 9.64 Å². The Morgan fingerprint density at radius 3 is 2.28 bits per heavy atom. The summed E-state index contributed by atoms with van der Waals surface area (Å²) in [7, 11) is 1.94. The molecule has 2 amide bonds. The summed E-state index contributed by atoms with van der Waals surface area (Å²) in [5.41, 5.74) is 4.13. The van der Waals surface area contributed by atoms with Crippen LogP contribution in [0, 0.1) is 23.2 Å². The van der Waals surface area contributed by atoms with Gasteiger partial charge in [0.1, 0.15) is 5.75 Å². The number of ether oxygens (including phenoxy) is 1. The van der Waals surface area contributed by atoms with Crippen LogP contribution in [0.4, 0.5) is 5.82 Å². The van der Waals surface area contributed by atoms with Crippen LogP contribution in [-0.4, -0.2) is 78.2 Å². The van der Waals surface area contributed by atoms with Crippen molar-refractivity contribution >= 4 is 17.6 Å². The molecule has 1 aliphatic heterocycles. The summed E-state index contributed by atoms with van der Waals surface area (Å²) in [5.74, 6) is 4.37. The molecule has 0 atom stereocenters. The Hall–Kier alpha value is -3.94. The number of carbonyl (C=O) groups is 2. The monoisotopic (exact) mass is 621 g/mol. The SMILES string of the molecule is CCOc1cccc(-c2ccccc2CCC(=O)N2CCN(c3ccc(C(=O)N(C)CC45CC6CC(CC(C6)C4)C5)nn3)CC2)c1. The van der Waals surface area contributed by atoms with E-state index in [1.165, 1.54) is 38.5 Å². The van der Waals surface area contributed by atoms with E-state index in [2.05, 4.69) is 39.4 Å². The van der Waals surface area contributed by atoms with E-state index >= 15 is 0 Å². The molecule has 4 bridgehead atoms. The molecule has 4 saturated carbocycles. The van der Waals surface area contributed by atoms with Gasteiger partial charge >= 0.3 is 0 Å². The lowest BCUT2D eigenvalue weighted by molar-refractivity contribution is -0.131. The summed E-state index contributed by atoms with van der Waals surface area (Å²) in [6, 6.07) is 20.2. The molecule has 8 heteroatoms. The Kier molecular flexibility index (Phi) is 8.71. The van der Waals surface area contributed by atoms with Crippen molar-refractivity contribution in [3.8, 4) is 16.9 Å². The van der Waals surface area contributed by atoms with Gasteiger partial charge in [-0.15, -0.1) is 10.2 Å². The number of rotatable bonds is 10. The molecule has 1 saturated heterocycles. The van der Waals surface area contributed by atoms with E-state index in [4.69, 9.17) is 4.74 Å². The molecule has 46 heavy (non-hydrogen) atoms. The Balaban J connectivity index is 0.903. The molecule has 0 spiro atoms. The van der Waals surface area contributed by atoms with Crippen LogP contribution in [0.5, 0.6) is 5.75 Å². The van der Waals surface area contributed by atoms with Gasteiger partial charge in [-0.05, 0) is 116 Å². The van der Waals surface area contributed by atoms with E-state index in [1.807, 2.05) is 60.2 Å². The molecule has 4 aliphatic carbocycles. The van der Waals surface area contributed by atoms with E-state index in [0.717, 1.165) is 52.6 Å². The molecule has 2 aromatic carbocycles. The van der Waals surface area contributed by atoms with E-state index in [-0.39, 0.29) is 11.8 Å². The summed E-state index contributed by atoms with van der Waals surface area (Å²) in [6.07, 6.45) is 9.23. The fraction of sp³-hybridized carbons (Fsp3) is 0.526. The van der Waals surface area contributed by atoms with Crippen LogP contribution in [0.1, 0.15) is 67.9 Å². The Morgan fingerprint density at radius 1 is 0.891 bits per heavy atom. The van der Waals surface area contributed by atoms with Crippen molar-refractivity contribution in [3.63, 3.8) is 0 Å². The largest absolute Gasteiger partial charge is 0.494 e. The molecule has 8 rings (SSSR count). The molecule has 5 fully saturated rings. The minimum absolute atomic E-state index is 0.0335. The summed E-state index contributed by atoms with van der Waals surface area (Å²) >= 11 is 0. The van der Waals surface area contributed by atoms with Gasteiger partial charge in [0.25, 0.3) is 5.91 Å². The summed E-state index contributed by atoms with van der Waals surface area (Å²) in [4.78, 5) is 32.6. The van der Waals surface area contributed by atoms with Gasteiger partial charge in [-0.2, -0.15) is 0 Å². The van der Waals surface area contributed by atoms with Gasteiger partial charge in [0.15, 0.2) is 11.5 Å². The van der Waals surface area contributed by atoms with Crippen molar-refractivity contribution in [1.82, 2.24) is 20.0 Å². The predicted molar refractivity (Wildman–Crippen MR) is 180 cm³/mol. The summed E-state index contributed by atoms with van der Waals surface area (Å²) in [6.45, 7) is 6.13. The third kappa shape index (κ3) is 6.49. The number of anilines is 1. The van der Waals surface area contributed by atoms with E-state index < -0.39 is 0 Å². The molecule has 0 N–H and O–H groups in total. The first-order chi connectivity index (χ1) is 22.4. The lowest BCUT2D eigenvalue weighted by Gasteiger charge is -2.57. The van der Waals surface area contributed by atoms with E-state index in [1.54, 1.807) is 0 Å². The zero-order chi connectivity index (χ0) is 31.7. The lowest BCUT2D eigenvalue weighted by atomic mass is 9.49. The van der Waals surface area contributed by atoms with Crippen molar-refractivity contribution in [2.75, 3.05) is 51.3 Å². The van der Waals surface area contributed by atoms with Crippen molar-refractivity contribution in [2.45, 2.75) is 58.3 Å². The van der Waals surface area contributed by atoms with Gasteiger partial charge in [-0.25, -0.2) is 0 Å². The Bertz CT molecular complexity index is 1510. The first-order valence-corrected chi connectivity index (χ1v) is 17.3. The van der Waals surface area contributed by atoms with Crippen LogP contribution in [0.2, 0.25) is 0 Å². The highest BCUT2D eigenvalue weighted by Crippen LogP contribution is 2.60. The molecule has 2 heterocycles. The van der Waals surface area contributed by atoms with Gasteiger partial charge < -0.3 is 19.4 Å². The highest BCUT2D eigenvalue weighted by atomic mass is 16.5. The van der Waals surface area contributed by atoms with Crippen LogP contribution in [0.3, 0.4) is 0 Å². The number of nitrogens with zero attached hydrogens (tertiary/aromatic N) is 5. The number of amides is 2. The number of carbonyl (C=O) groups excluding carboxylic acids is 2. The number of aryl methyl sites for hydroxylation is 1. The van der Waals surface area contributed by atoms with Gasteiger partial charge in [-0.1, -0.05) is 36.4 Å². The third-order valence-corrected chi connectivity index (χ3v) is 11.0. The van der Waals surface area contributed by atoms with Crippen molar-refractivity contribution < 1.29 is 14.3 Å². The highest BCUT2D eigenvalue weighted by Gasteiger charge is 2.51. The van der Waals surface area contributed by atoms with Crippen LogP contribution in [0.25, 0.3) is 11.1 Å². The fourth-order valence-electron chi connectivity index (χ4n) is 9.39. The minimum atomic E-state index is -0.0335. The second kappa shape index (κ2) is 13.0. The number of benzene rings is 2. The number of piperazine rings is 1. The maximum Gasteiger partial charge on any atom is 0.274 e. The van der Waals surface area contributed by atoms with Crippen LogP contribution in [0.15, 0.2) is 60.7 Å². The van der Waals surface area contributed by atoms with Gasteiger partial charge in [0.2, 0.25) is 5.91 Å². The normalized spacial score (nSPS) is 25.0. The van der Waals surface area contributed by atoms with Crippen molar-refractivity contribution in [1.29, 1.82) is 0 Å². The standard InChI is InChI=1S/C38H47N5O3/c1-3-46-32-9-6-8-31(22-32)33-10-5-4-7-30(33)11-14-36(44)43-17-15-42(16-18-43)35-13-12-34(39-40-35)37(45)41(2)26-38-23-27-19-28(24-38)21-29(20-27)25-38/h4-10,12-13,22,27-29H,3,11,14-21,23-26H2,1-2H3. The molecular weight excluding hydrogens is 574 g/mol.